The van der Waals surface area contributed by atoms with Gasteiger partial charge >= 0.3 is 0 Å². The van der Waals surface area contributed by atoms with E-state index in [1.54, 1.807) is 7.11 Å². The summed E-state index contributed by atoms with van der Waals surface area (Å²) in [6, 6.07) is 8.44. The highest BCUT2D eigenvalue weighted by molar-refractivity contribution is 9.09. The van der Waals surface area contributed by atoms with Crippen LogP contribution < -0.4 is 10.1 Å². The van der Waals surface area contributed by atoms with Gasteiger partial charge < -0.3 is 10.1 Å². The molecule has 1 aliphatic carbocycles. The quantitative estimate of drug-likeness (QED) is 0.829. The van der Waals surface area contributed by atoms with Gasteiger partial charge in [-0.1, -0.05) is 34.1 Å². The molecule has 3 rings (SSSR count). The highest BCUT2D eigenvalue weighted by Gasteiger charge is 2.37. The highest BCUT2D eigenvalue weighted by atomic mass is 79.9. The van der Waals surface area contributed by atoms with E-state index in [2.05, 4.69) is 21.2 Å². The first-order valence-electron chi connectivity index (χ1n) is 6.56. The van der Waals surface area contributed by atoms with Gasteiger partial charge in [-0.3, -0.25) is 4.99 Å². The van der Waals surface area contributed by atoms with Gasteiger partial charge in [-0.15, -0.1) is 0 Å². The van der Waals surface area contributed by atoms with Crippen LogP contribution in [0.4, 0.5) is 5.69 Å². The minimum atomic E-state index is 0.476. The molecule has 1 aromatic carbocycles. The van der Waals surface area contributed by atoms with Crippen LogP contribution in [-0.4, -0.2) is 28.4 Å². The molecule has 2 aliphatic rings. The summed E-state index contributed by atoms with van der Waals surface area (Å²) >= 11 is 5.66. The van der Waals surface area contributed by atoms with Gasteiger partial charge in [-0.2, -0.15) is 0 Å². The van der Waals surface area contributed by atoms with Crippen molar-refractivity contribution in [1.82, 2.24) is 0 Å². The molecule has 1 aromatic rings. The Hall–Kier alpha value is -0.680. The van der Waals surface area contributed by atoms with Crippen molar-refractivity contribution in [3.63, 3.8) is 0 Å². The summed E-state index contributed by atoms with van der Waals surface area (Å²) in [6.07, 6.45) is 3.75. The Balaban J connectivity index is 1.67. The molecule has 0 saturated heterocycles. The fourth-order valence-electron chi connectivity index (χ4n) is 2.55. The number of rotatable bonds is 2. The topological polar surface area (TPSA) is 33.6 Å². The molecule has 1 N–H and O–H groups in total. The van der Waals surface area contributed by atoms with Gasteiger partial charge in [-0.05, 0) is 37.1 Å². The van der Waals surface area contributed by atoms with Crippen molar-refractivity contribution >= 4 is 38.5 Å². The highest BCUT2D eigenvalue weighted by Crippen LogP contribution is 2.40. The number of halogens is 1. The van der Waals surface area contributed by atoms with Crippen LogP contribution in [0.2, 0.25) is 0 Å². The average molecular weight is 341 g/mol. The summed E-state index contributed by atoms with van der Waals surface area (Å²) in [5.74, 6) is 0.876. The summed E-state index contributed by atoms with van der Waals surface area (Å²) < 4.78 is 5.16. The number of thioether (sulfide) groups is 1. The molecule has 102 valence electrons. The summed E-state index contributed by atoms with van der Waals surface area (Å²) in [6.45, 7) is 0. The van der Waals surface area contributed by atoms with Crippen LogP contribution in [0.3, 0.4) is 0 Å². The number of aliphatic imine (C=N–C) groups is 1. The van der Waals surface area contributed by atoms with E-state index in [-0.39, 0.29) is 0 Å². The number of benzene rings is 1. The lowest BCUT2D eigenvalue weighted by molar-refractivity contribution is 0.415. The van der Waals surface area contributed by atoms with E-state index >= 15 is 0 Å². The van der Waals surface area contributed by atoms with Gasteiger partial charge in [0.2, 0.25) is 0 Å². The summed E-state index contributed by atoms with van der Waals surface area (Å²) in [7, 11) is 1.68. The molecule has 5 heteroatoms. The summed E-state index contributed by atoms with van der Waals surface area (Å²) in [5.41, 5.74) is 1.07. The van der Waals surface area contributed by atoms with Crippen LogP contribution in [0.25, 0.3) is 0 Å². The second-order valence-corrected chi connectivity index (χ2v) is 7.23. The van der Waals surface area contributed by atoms with Gasteiger partial charge in [0.15, 0.2) is 5.17 Å². The molecule has 19 heavy (non-hydrogen) atoms. The van der Waals surface area contributed by atoms with E-state index in [0.717, 1.165) is 16.6 Å². The number of methoxy groups -OCH3 is 1. The lowest BCUT2D eigenvalue weighted by Crippen LogP contribution is -2.31. The SMILES string of the molecule is COc1ccc(NC2=N[C@@H]3CCC[C@H](Br)[C@@H]3S2)cc1. The first-order chi connectivity index (χ1) is 9.26. The van der Waals surface area contributed by atoms with E-state index in [1.165, 1.54) is 19.3 Å². The monoisotopic (exact) mass is 340 g/mol. The zero-order chi connectivity index (χ0) is 13.2. The molecule has 0 radical (unpaired) electrons. The Morgan fingerprint density at radius 1 is 1.32 bits per heavy atom. The van der Waals surface area contributed by atoms with Crippen molar-refractivity contribution in [2.75, 3.05) is 12.4 Å². The van der Waals surface area contributed by atoms with Crippen LogP contribution in [0.5, 0.6) is 5.75 Å². The minimum absolute atomic E-state index is 0.476. The molecule has 0 spiro atoms. The molecule has 0 amide bonds. The average Bonchev–Trinajstić information content (AvgIpc) is 2.84. The Bertz CT molecular complexity index is 477. The first kappa shape index (κ1) is 13.3. The molecule has 3 nitrogen and oxygen atoms in total. The second kappa shape index (κ2) is 5.75. The van der Waals surface area contributed by atoms with Crippen molar-refractivity contribution in [3.8, 4) is 5.75 Å². The van der Waals surface area contributed by atoms with Crippen LogP contribution in [-0.2, 0) is 0 Å². The van der Waals surface area contributed by atoms with E-state index in [0.29, 0.717) is 16.1 Å². The Kier molecular flexibility index (Phi) is 4.03. The van der Waals surface area contributed by atoms with Crippen molar-refractivity contribution in [3.05, 3.63) is 24.3 Å². The van der Waals surface area contributed by atoms with E-state index < -0.39 is 0 Å². The third kappa shape index (κ3) is 2.92. The van der Waals surface area contributed by atoms with Gasteiger partial charge in [0, 0.05) is 15.8 Å². The van der Waals surface area contributed by atoms with E-state index in [4.69, 9.17) is 9.73 Å². The van der Waals surface area contributed by atoms with Crippen molar-refractivity contribution in [2.24, 2.45) is 4.99 Å². The Morgan fingerprint density at radius 2 is 2.11 bits per heavy atom. The van der Waals surface area contributed by atoms with Crippen LogP contribution in [0, 0.1) is 0 Å². The molecular weight excluding hydrogens is 324 g/mol. The third-order valence-corrected chi connectivity index (χ3v) is 6.31. The van der Waals surface area contributed by atoms with Crippen molar-refractivity contribution in [2.45, 2.75) is 35.4 Å². The molecule has 0 bridgehead atoms. The maximum Gasteiger partial charge on any atom is 0.161 e. The molecule has 3 atom stereocenters. The van der Waals surface area contributed by atoms with E-state index in [9.17, 15) is 0 Å². The normalized spacial score (nSPS) is 29.6. The molecule has 1 fully saturated rings. The largest absolute Gasteiger partial charge is 0.497 e. The molecule has 1 saturated carbocycles. The number of nitrogens with one attached hydrogen (secondary N) is 1. The van der Waals surface area contributed by atoms with Crippen LogP contribution >= 0.6 is 27.7 Å². The maximum atomic E-state index is 5.16. The first-order valence-corrected chi connectivity index (χ1v) is 8.35. The number of ether oxygens (including phenoxy) is 1. The number of anilines is 1. The van der Waals surface area contributed by atoms with Gasteiger partial charge in [0.25, 0.3) is 0 Å². The predicted molar refractivity (Wildman–Crippen MR) is 85.8 cm³/mol. The smallest absolute Gasteiger partial charge is 0.161 e. The fraction of sp³-hybridized carbons (Fsp3) is 0.500. The zero-order valence-electron chi connectivity index (χ0n) is 10.8. The number of nitrogens with zero attached hydrogens (tertiary/aromatic N) is 1. The number of hydrogen-bond donors (Lipinski definition) is 1. The summed E-state index contributed by atoms with van der Waals surface area (Å²) in [5, 5.41) is 5.05. The predicted octanol–water partition coefficient (Wildman–Crippen LogP) is 3.89. The molecule has 0 aromatic heterocycles. The lowest BCUT2D eigenvalue weighted by Gasteiger charge is -2.27. The second-order valence-electron chi connectivity index (χ2n) is 4.88. The number of fused-ring (bicyclic) bond motifs is 1. The van der Waals surface area contributed by atoms with Crippen LogP contribution in [0.1, 0.15) is 19.3 Å². The summed E-state index contributed by atoms with van der Waals surface area (Å²) in [4.78, 5) is 5.40. The number of amidine groups is 1. The van der Waals surface area contributed by atoms with Crippen molar-refractivity contribution in [1.29, 1.82) is 0 Å². The molecule has 1 aliphatic heterocycles. The zero-order valence-corrected chi connectivity index (χ0v) is 13.2. The number of hydrogen-bond acceptors (Lipinski definition) is 4. The van der Waals surface area contributed by atoms with Gasteiger partial charge in [-0.25, -0.2) is 0 Å². The third-order valence-electron chi connectivity index (χ3n) is 3.59. The van der Waals surface area contributed by atoms with Crippen LogP contribution in [0.15, 0.2) is 29.3 Å². The molecule has 0 unspecified atom stereocenters. The Morgan fingerprint density at radius 3 is 2.79 bits per heavy atom. The number of alkyl halides is 1. The maximum absolute atomic E-state index is 5.16. The van der Waals surface area contributed by atoms with E-state index in [1.807, 2.05) is 36.0 Å². The Labute approximate surface area is 126 Å². The fourth-order valence-corrected chi connectivity index (χ4v) is 4.82. The minimum Gasteiger partial charge on any atom is -0.497 e. The standard InChI is InChI=1S/C14H17BrN2OS/c1-18-10-7-5-9(6-8-10)16-14-17-12-4-2-3-11(15)13(12)19-14/h5-8,11-13H,2-4H2,1H3,(H,16,17)/t11-,12+,13-/m0/s1. The molecular formula is C14H17BrN2OS. The van der Waals surface area contributed by atoms with Gasteiger partial charge in [0.1, 0.15) is 5.75 Å². The van der Waals surface area contributed by atoms with Gasteiger partial charge in [0.05, 0.1) is 13.2 Å². The molecule has 1 heterocycles. The lowest BCUT2D eigenvalue weighted by atomic mass is 9.95. The van der Waals surface area contributed by atoms with Crippen molar-refractivity contribution < 1.29 is 4.74 Å².